The molecular weight excluding hydrogens is 272 g/mol. The van der Waals surface area contributed by atoms with Crippen molar-refractivity contribution >= 4 is 11.6 Å². The van der Waals surface area contributed by atoms with Crippen molar-refractivity contribution in [2.75, 3.05) is 0 Å². The van der Waals surface area contributed by atoms with Crippen molar-refractivity contribution in [1.29, 1.82) is 0 Å². The van der Waals surface area contributed by atoms with Gasteiger partial charge < -0.3 is 0 Å². The Bertz CT molecular complexity index is 439. The molecule has 0 aromatic heterocycles. The molecule has 126 valence electrons. The summed E-state index contributed by atoms with van der Waals surface area (Å²) in [5, 5.41) is 0. The van der Waals surface area contributed by atoms with Crippen molar-refractivity contribution in [2.45, 2.75) is 92.9 Å². The van der Waals surface area contributed by atoms with Crippen LogP contribution in [0.5, 0.6) is 0 Å². The maximum atomic E-state index is 12.2. The molecule has 2 nitrogen and oxygen atoms in total. The largest absolute Gasteiger partial charge is 0.289 e. The van der Waals surface area contributed by atoms with Crippen LogP contribution in [0.25, 0.3) is 0 Å². The third kappa shape index (κ3) is 5.90. The lowest BCUT2D eigenvalue weighted by Crippen LogP contribution is -2.20. The molecule has 22 heavy (non-hydrogen) atoms. The number of allylic oxidation sites excluding steroid dienone is 4. The molecule has 0 aromatic carbocycles. The highest BCUT2D eigenvalue weighted by molar-refractivity contribution is 6.24. The average molecular weight is 306 g/mol. The summed E-state index contributed by atoms with van der Waals surface area (Å²) in [6.45, 7) is 11.5. The molecular formula is C20H34O2. The number of hydrogen-bond donors (Lipinski definition) is 0. The topological polar surface area (TPSA) is 34.1 Å². The van der Waals surface area contributed by atoms with E-state index in [2.05, 4.69) is 6.92 Å². The second-order valence-corrected chi connectivity index (χ2v) is 5.88. The zero-order chi connectivity index (χ0) is 17.1. The molecule has 0 bridgehead atoms. The lowest BCUT2D eigenvalue weighted by molar-refractivity contribution is -0.116. The number of unbranched alkanes of at least 4 members (excludes halogenated alkanes) is 6. The molecule has 2 heteroatoms. The SMILES string of the molecule is CC.CCCCCCCCCC1=C(C)C(=O)C(C)=C(C)C1=O. The molecule has 0 radical (unpaired) electrons. The number of hydrogen-bond acceptors (Lipinski definition) is 2. The van der Waals surface area contributed by atoms with Gasteiger partial charge in [0.05, 0.1) is 0 Å². The van der Waals surface area contributed by atoms with E-state index in [9.17, 15) is 9.59 Å². The first-order valence-corrected chi connectivity index (χ1v) is 8.97. The Kier molecular flexibility index (Phi) is 10.8. The van der Waals surface area contributed by atoms with E-state index in [1.165, 1.54) is 32.1 Å². The van der Waals surface area contributed by atoms with Crippen LogP contribution in [0.1, 0.15) is 92.9 Å². The molecule has 0 amide bonds. The van der Waals surface area contributed by atoms with E-state index in [1.807, 2.05) is 13.8 Å². The standard InChI is InChI=1S/C18H28O2.C2H6/c1-5-6-7-8-9-10-11-12-16-15(4)17(19)13(2)14(3)18(16)20;1-2/h5-12H2,1-4H3;1-2H3. The molecule has 0 aromatic rings. The second-order valence-electron chi connectivity index (χ2n) is 5.88. The van der Waals surface area contributed by atoms with Crippen molar-refractivity contribution in [3.63, 3.8) is 0 Å². The summed E-state index contributed by atoms with van der Waals surface area (Å²) in [5.74, 6) is 0.144. The number of rotatable bonds is 8. The number of carbonyl (C=O) groups is 2. The third-order valence-corrected chi connectivity index (χ3v) is 4.34. The first-order valence-electron chi connectivity index (χ1n) is 8.97. The summed E-state index contributed by atoms with van der Waals surface area (Å²) in [6.07, 6.45) is 9.37. The number of carbonyl (C=O) groups excluding carboxylic acids is 2. The second kappa shape index (κ2) is 11.4. The fourth-order valence-corrected chi connectivity index (χ4v) is 2.72. The molecule has 0 saturated carbocycles. The fraction of sp³-hybridized carbons (Fsp3) is 0.700. The first-order chi connectivity index (χ1) is 10.5. The highest BCUT2D eigenvalue weighted by Gasteiger charge is 2.26. The predicted molar refractivity (Wildman–Crippen MR) is 95.0 cm³/mol. The Morgan fingerprint density at radius 1 is 0.636 bits per heavy atom. The molecule has 0 aliphatic heterocycles. The molecule has 0 heterocycles. The van der Waals surface area contributed by atoms with E-state index in [0.717, 1.165) is 24.8 Å². The van der Waals surface area contributed by atoms with Crippen LogP contribution >= 0.6 is 0 Å². The van der Waals surface area contributed by atoms with Gasteiger partial charge in [0.15, 0.2) is 11.6 Å². The van der Waals surface area contributed by atoms with Crippen LogP contribution in [0.3, 0.4) is 0 Å². The van der Waals surface area contributed by atoms with E-state index in [-0.39, 0.29) is 11.6 Å². The van der Waals surface area contributed by atoms with Gasteiger partial charge in [-0.15, -0.1) is 0 Å². The third-order valence-electron chi connectivity index (χ3n) is 4.34. The smallest absolute Gasteiger partial charge is 0.185 e. The van der Waals surface area contributed by atoms with Gasteiger partial charge in [0.1, 0.15) is 0 Å². The zero-order valence-corrected chi connectivity index (χ0v) is 15.5. The zero-order valence-electron chi connectivity index (χ0n) is 15.5. The van der Waals surface area contributed by atoms with Gasteiger partial charge in [-0.2, -0.15) is 0 Å². The Balaban J connectivity index is 0.00000211. The minimum atomic E-state index is 0.0556. The molecule has 1 rings (SSSR count). The summed E-state index contributed by atoms with van der Waals surface area (Å²) in [4.78, 5) is 24.3. The average Bonchev–Trinajstić information content (AvgIpc) is 2.55. The highest BCUT2D eigenvalue weighted by Crippen LogP contribution is 2.27. The maximum Gasteiger partial charge on any atom is 0.185 e. The van der Waals surface area contributed by atoms with Gasteiger partial charge in [0.25, 0.3) is 0 Å². The molecule has 0 unspecified atom stereocenters. The van der Waals surface area contributed by atoms with Crippen LogP contribution in [-0.4, -0.2) is 11.6 Å². The summed E-state index contributed by atoms with van der Waals surface area (Å²) < 4.78 is 0. The van der Waals surface area contributed by atoms with Crippen LogP contribution in [-0.2, 0) is 9.59 Å². The van der Waals surface area contributed by atoms with E-state index in [1.54, 1.807) is 20.8 Å². The van der Waals surface area contributed by atoms with Gasteiger partial charge in [-0.25, -0.2) is 0 Å². The van der Waals surface area contributed by atoms with Crippen molar-refractivity contribution in [3.05, 3.63) is 22.3 Å². The van der Waals surface area contributed by atoms with Crippen LogP contribution in [0.2, 0.25) is 0 Å². The van der Waals surface area contributed by atoms with Crippen molar-refractivity contribution in [3.8, 4) is 0 Å². The number of Topliss-reactive ketones (excluding diaryl/α,β-unsaturated/α-hetero) is 2. The van der Waals surface area contributed by atoms with Crippen molar-refractivity contribution in [1.82, 2.24) is 0 Å². The fourth-order valence-electron chi connectivity index (χ4n) is 2.72. The van der Waals surface area contributed by atoms with Crippen molar-refractivity contribution in [2.24, 2.45) is 0 Å². The molecule has 0 fully saturated rings. The Morgan fingerprint density at radius 2 is 1.09 bits per heavy atom. The Hall–Kier alpha value is -1.18. The van der Waals surface area contributed by atoms with Gasteiger partial charge in [0.2, 0.25) is 0 Å². The van der Waals surface area contributed by atoms with Gasteiger partial charge in [-0.1, -0.05) is 59.3 Å². The van der Waals surface area contributed by atoms with Crippen molar-refractivity contribution < 1.29 is 9.59 Å². The maximum absolute atomic E-state index is 12.2. The van der Waals surface area contributed by atoms with Crippen LogP contribution in [0.15, 0.2) is 22.3 Å². The van der Waals surface area contributed by atoms with E-state index in [0.29, 0.717) is 16.7 Å². The van der Waals surface area contributed by atoms with Gasteiger partial charge in [0, 0.05) is 22.3 Å². The molecule has 0 saturated heterocycles. The van der Waals surface area contributed by atoms with Crippen LogP contribution in [0, 0.1) is 0 Å². The van der Waals surface area contributed by atoms with E-state index >= 15 is 0 Å². The molecule has 0 atom stereocenters. The highest BCUT2D eigenvalue weighted by atomic mass is 16.1. The Morgan fingerprint density at radius 3 is 1.64 bits per heavy atom. The minimum Gasteiger partial charge on any atom is -0.289 e. The molecule has 0 N–H and O–H groups in total. The lowest BCUT2D eigenvalue weighted by atomic mass is 9.84. The Labute approximate surface area is 137 Å². The summed E-state index contributed by atoms with van der Waals surface area (Å²) in [5.41, 5.74) is 2.69. The first kappa shape index (κ1) is 20.8. The van der Waals surface area contributed by atoms with Gasteiger partial charge in [-0.3, -0.25) is 9.59 Å². The molecule has 1 aliphatic carbocycles. The minimum absolute atomic E-state index is 0.0556. The molecule has 1 aliphatic rings. The summed E-state index contributed by atoms with van der Waals surface area (Å²) in [7, 11) is 0. The van der Waals surface area contributed by atoms with Crippen LogP contribution < -0.4 is 0 Å². The van der Waals surface area contributed by atoms with E-state index in [4.69, 9.17) is 0 Å². The van der Waals surface area contributed by atoms with Gasteiger partial charge >= 0.3 is 0 Å². The number of ketones is 2. The normalized spacial score (nSPS) is 15.2. The predicted octanol–water partition coefficient (Wildman–Crippen LogP) is 5.96. The summed E-state index contributed by atoms with van der Waals surface area (Å²) >= 11 is 0. The summed E-state index contributed by atoms with van der Waals surface area (Å²) in [6, 6.07) is 0. The van der Waals surface area contributed by atoms with Gasteiger partial charge in [-0.05, 0) is 33.6 Å². The van der Waals surface area contributed by atoms with Crippen LogP contribution in [0.4, 0.5) is 0 Å². The molecule has 0 spiro atoms. The monoisotopic (exact) mass is 306 g/mol. The van der Waals surface area contributed by atoms with E-state index < -0.39 is 0 Å². The lowest BCUT2D eigenvalue weighted by Gasteiger charge is -2.18. The quantitative estimate of drug-likeness (QED) is 0.409.